The normalized spacial score (nSPS) is 11.1. The Bertz CT molecular complexity index is 462. The van der Waals surface area contributed by atoms with Gasteiger partial charge in [0.05, 0.1) is 4.34 Å². The highest BCUT2D eigenvalue weighted by Crippen LogP contribution is 2.37. The van der Waals surface area contributed by atoms with Crippen molar-refractivity contribution in [3.8, 4) is 0 Å². The third-order valence-electron chi connectivity index (χ3n) is 1.99. The van der Waals surface area contributed by atoms with E-state index in [4.69, 9.17) is 23.2 Å². The van der Waals surface area contributed by atoms with Crippen molar-refractivity contribution in [1.29, 1.82) is 0 Å². The Morgan fingerprint density at radius 2 is 2.14 bits per heavy atom. The number of fused-ring (bicyclic) bond motifs is 1. The number of thiophene rings is 1. The van der Waals surface area contributed by atoms with Gasteiger partial charge in [-0.3, -0.25) is 0 Å². The van der Waals surface area contributed by atoms with E-state index in [2.05, 4.69) is 18.4 Å². The van der Waals surface area contributed by atoms with E-state index in [9.17, 15) is 0 Å². The summed E-state index contributed by atoms with van der Waals surface area (Å²) >= 11 is 15.2. The van der Waals surface area contributed by atoms with E-state index in [1.54, 1.807) is 23.1 Å². The smallest absolute Gasteiger partial charge is 0.0941 e. The molecule has 0 aliphatic rings. The average Bonchev–Trinajstić information content (AvgIpc) is 2.56. The van der Waals surface area contributed by atoms with Crippen LogP contribution < -0.4 is 0 Å². The molecule has 14 heavy (non-hydrogen) atoms. The van der Waals surface area contributed by atoms with Crippen LogP contribution in [0.2, 0.25) is 4.34 Å². The first-order valence-electron chi connectivity index (χ1n) is 4.06. The Morgan fingerprint density at radius 3 is 2.79 bits per heavy atom. The van der Waals surface area contributed by atoms with Crippen LogP contribution in [-0.2, 0) is 5.88 Å². The molecule has 0 radical (unpaired) electrons. The van der Waals surface area contributed by atoms with Crippen molar-refractivity contribution in [2.24, 2.45) is 0 Å². The quantitative estimate of drug-likeness (QED) is 0.541. The van der Waals surface area contributed by atoms with Crippen LogP contribution in [0.15, 0.2) is 23.1 Å². The molecule has 0 unspecified atom stereocenters. The number of alkyl halides is 1. The Hall–Kier alpha value is 0.110. The van der Waals surface area contributed by atoms with Crippen LogP contribution in [0.5, 0.6) is 0 Å². The second kappa shape index (κ2) is 4.31. The summed E-state index contributed by atoms with van der Waals surface area (Å²) < 4.78 is 2.10. The molecule has 0 saturated heterocycles. The van der Waals surface area contributed by atoms with Crippen LogP contribution in [0.1, 0.15) is 5.56 Å². The predicted molar refractivity (Wildman–Crippen MR) is 68.2 cm³/mol. The highest BCUT2D eigenvalue weighted by atomic mass is 35.5. The lowest BCUT2D eigenvalue weighted by Crippen LogP contribution is -1.79. The van der Waals surface area contributed by atoms with Gasteiger partial charge in [-0.2, -0.15) is 0 Å². The van der Waals surface area contributed by atoms with Crippen LogP contribution in [0.25, 0.3) is 10.1 Å². The van der Waals surface area contributed by atoms with E-state index in [0.29, 0.717) is 5.88 Å². The maximum atomic E-state index is 5.98. The first-order valence-corrected chi connectivity index (χ1v) is 7.02. The topological polar surface area (TPSA) is 0 Å². The lowest BCUT2D eigenvalue weighted by atomic mass is 10.2. The minimum Gasteiger partial charge on any atom is -0.128 e. The summed E-state index contributed by atoms with van der Waals surface area (Å²) in [7, 11) is 0. The third kappa shape index (κ3) is 1.89. The Morgan fingerprint density at radius 1 is 1.36 bits per heavy atom. The van der Waals surface area contributed by atoms with Crippen molar-refractivity contribution in [3.63, 3.8) is 0 Å². The third-order valence-corrected chi connectivity index (χ3v) is 4.50. The van der Waals surface area contributed by atoms with E-state index in [1.807, 2.05) is 6.07 Å². The number of hydrogen-bond acceptors (Lipinski definition) is 2. The highest BCUT2D eigenvalue weighted by molar-refractivity contribution is 7.99. The Labute approximate surface area is 101 Å². The molecular formula is C10H8Cl2S2. The molecule has 2 aromatic rings. The molecule has 0 aliphatic heterocycles. The predicted octanol–water partition coefficient (Wildman–Crippen LogP) is 5.02. The van der Waals surface area contributed by atoms with Crippen molar-refractivity contribution >= 4 is 56.4 Å². The van der Waals surface area contributed by atoms with Crippen LogP contribution in [0.4, 0.5) is 0 Å². The van der Waals surface area contributed by atoms with E-state index >= 15 is 0 Å². The first-order chi connectivity index (χ1) is 6.74. The molecule has 0 aliphatic carbocycles. The fourth-order valence-corrected chi connectivity index (χ4v) is 3.60. The Balaban J connectivity index is 2.72. The molecular weight excluding hydrogens is 255 g/mol. The van der Waals surface area contributed by atoms with Gasteiger partial charge >= 0.3 is 0 Å². The summed E-state index contributed by atoms with van der Waals surface area (Å²) in [6, 6.07) is 6.23. The lowest BCUT2D eigenvalue weighted by Gasteiger charge is -2.01. The number of hydrogen-bond donors (Lipinski definition) is 0. The minimum atomic E-state index is 0.553. The van der Waals surface area contributed by atoms with Crippen molar-refractivity contribution in [1.82, 2.24) is 0 Å². The van der Waals surface area contributed by atoms with Crippen LogP contribution >= 0.6 is 46.3 Å². The second-order valence-electron chi connectivity index (χ2n) is 2.90. The van der Waals surface area contributed by atoms with Crippen molar-refractivity contribution in [3.05, 3.63) is 28.1 Å². The summed E-state index contributed by atoms with van der Waals surface area (Å²) in [6.45, 7) is 0. The SMILES string of the molecule is CSc1cc(CCl)cc2cc(Cl)sc12. The molecule has 0 atom stereocenters. The van der Waals surface area contributed by atoms with Gasteiger partial charge in [-0.15, -0.1) is 34.7 Å². The number of halogens is 2. The van der Waals surface area contributed by atoms with Gasteiger partial charge in [-0.25, -0.2) is 0 Å². The minimum absolute atomic E-state index is 0.553. The zero-order chi connectivity index (χ0) is 10.1. The summed E-state index contributed by atoms with van der Waals surface area (Å²) in [5.74, 6) is 0.553. The number of benzene rings is 1. The van der Waals surface area contributed by atoms with Gasteiger partial charge in [0.15, 0.2) is 0 Å². The molecule has 74 valence electrons. The molecule has 0 spiro atoms. The van der Waals surface area contributed by atoms with Gasteiger partial charge < -0.3 is 0 Å². The maximum absolute atomic E-state index is 5.98. The largest absolute Gasteiger partial charge is 0.128 e. The molecule has 0 saturated carbocycles. The molecule has 0 bridgehead atoms. The second-order valence-corrected chi connectivity index (χ2v) is 5.70. The van der Waals surface area contributed by atoms with Gasteiger partial charge in [0.1, 0.15) is 0 Å². The van der Waals surface area contributed by atoms with Gasteiger partial charge in [-0.1, -0.05) is 11.6 Å². The van der Waals surface area contributed by atoms with E-state index in [0.717, 1.165) is 9.90 Å². The average molecular weight is 263 g/mol. The van der Waals surface area contributed by atoms with Crippen molar-refractivity contribution in [2.75, 3.05) is 6.26 Å². The first kappa shape index (κ1) is 10.6. The number of rotatable bonds is 2. The fourth-order valence-electron chi connectivity index (χ4n) is 1.38. The standard InChI is InChI=1S/C10H8Cl2S2/c1-13-8-3-6(5-11)2-7-4-9(12)14-10(7)8/h2-4H,5H2,1H3. The number of thioether (sulfide) groups is 1. The molecule has 0 amide bonds. The van der Waals surface area contributed by atoms with Gasteiger partial charge in [-0.05, 0) is 35.4 Å². The molecule has 2 rings (SSSR count). The van der Waals surface area contributed by atoms with Gasteiger partial charge in [0.25, 0.3) is 0 Å². The lowest BCUT2D eigenvalue weighted by molar-refractivity contribution is 1.38. The molecule has 4 heteroatoms. The highest BCUT2D eigenvalue weighted by Gasteiger charge is 2.06. The molecule has 1 heterocycles. The Kier molecular flexibility index (Phi) is 3.27. The molecule has 1 aromatic carbocycles. The molecule has 1 aromatic heterocycles. The summed E-state index contributed by atoms with van der Waals surface area (Å²) in [5.41, 5.74) is 1.15. The van der Waals surface area contributed by atoms with Gasteiger partial charge in [0, 0.05) is 15.5 Å². The monoisotopic (exact) mass is 262 g/mol. The summed E-state index contributed by atoms with van der Waals surface area (Å²) in [6.07, 6.45) is 2.07. The van der Waals surface area contributed by atoms with Crippen molar-refractivity contribution in [2.45, 2.75) is 10.8 Å². The fraction of sp³-hybridized carbons (Fsp3) is 0.200. The summed E-state index contributed by atoms with van der Waals surface area (Å²) in [4.78, 5) is 1.26. The summed E-state index contributed by atoms with van der Waals surface area (Å²) in [5, 5.41) is 1.20. The van der Waals surface area contributed by atoms with Gasteiger partial charge in [0.2, 0.25) is 0 Å². The van der Waals surface area contributed by atoms with Crippen molar-refractivity contribution < 1.29 is 0 Å². The van der Waals surface area contributed by atoms with Crippen LogP contribution in [0, 0.1) is 0 Å². The maximum Gasteiger partial charge on any atom is 0.0941 e. The zero-order valence-electron chi connectivity index (χ0n) is 7.51. The molecule has 0 nitrogen and oxygen atoms in total. The van der Waals surface area contributed by atoms with E-state index in [1.165, 1.54) is 15.0 Å². The molecule has 0 fully saturated rings. The molecule has 0 N–H and O–H groups in total. The van der Waals surface area contributed by atoms with Crippen LogP contribution in [0.3, 0.4) is 0 Å². The van der Waals surface area contributed by atoms with E-state index < -0.39 is 0 Å². The van der Waals surface area contributed by atoms with E-state index in [-0.39, 0.29) is 0 Å². The zero-order valence-corrected chi connectivity index (χ0v) is 10.7. The van der Waals surface area contributed by atoms with Crippen LogP contribution in [-0.4, -0.2) is 6.26 Å².